The lowest BCUT2D eigenvalue weighted by Gasteiger charge is -1.97. The van der Waals surface area contributed by atoms with Crippen LogP contribution in [0.25, 0.3) is 5.69 Å². The third kappa shape index (κ3) is 2.76. The van der Waals surface area contributed by atoms with Crippen molar-refractivity contribution in [2.24, 2.45) is 0 Å². The van der Waals surface area contributed by atoms with Gasteiger partial charge in [0.25, 0.3) is 0 Å². The van der Waals surface area contributed by atoms with Crippen LogP contribution in [0, 0.1) is 0 Å². The topological polar surface area (TPSA) is 30.7 Å². The summed E-state index contributed by atoms with van der Waals surface area (Å²) >= 11 is 0. The first-order valence-corrected chi connectivity index (χ1v) is 7.25. The van der Waals surface area contributed by atoms with Crippen molar-refractivity contribution in [3.8, 4) is 5.69 Å². The lowest BCUT2D eigenvalue weighted by molar-refractivity contribution is 0.800. The van der Waals surface area contributed by atoms with Gasteiger partial charge in [-0.15, -0.1) is 5.10 Å². The molecule has 1 heterocycles. The summed E-state index contributed by atoms with van der Waals surface area (Å²) in [6.45, 7) is 0. The van der Waals surface area contributed by atoms with Gasteiger partial charge in [0, 0.05) is 5.75 Å². The molecule has 0 fully saturated rings. The van der Waals surface area contributed by atoms with Gasteiger partial charge in [0.05, 0.1) is 17.6 Å². The van der Waals surface area contributed by atoms with Crippen LogP contribution in [0.15, 0.2) is 36.5 Å². The average Bonchev–Trinajstić information content (AvgIpc) is 2.76. The fourth-order valence-corrected chi connectivity index (χ4v) is 2.28. The number of nitrogens with zero attached hydrogens (tertiary/aromatic N) is 3. The molecule has 0 N–H and O–H groups in total. The Morgan fingerprint density at radius 1 is 1.27 bits per heavy atom. The van der Waals surface area contributed by atoms with Gasteiger partial charge >= 0.3 is 0 Å². The predicted molar refractivity (Wildman–Crippen MR) is 66.2 cm³/mol. The van der Waals surface area contributed by atoms with E-state index in [1.165, 1.54) is 0 Å². The van der Waals surface area contributed by atoms with Crippen LogP contribution in [0.3, 0.4) is 0 Å². The molecule has 0 aliphatic rings. The smallest absolute Gasteiger partial charge is 0.0939 e. The van der Waals surface area contributed by atoms with Crippen molar-refractivity contribution in [2.75, 3.05) is 6.26 Å². The largest absolute Gasteiger partial charge is 0.220 e. The molecular formula is C10H11N3S2. The van der Waals surface area contributed by atoms with Gasteiger partial charge in [0.1, 0.15) is 0 Å². The summed E-state index contributed by atoms with van der Waals surface area (Å²) in [6, 6.07) is 10.0. The second-order valence-corrected chi connectivity index (χ2v) is 5.48. The van der Waals surface area contributed by atoms with Crippen LogP contribution in [0.2, 0.25) is 0 Å². The standard InChI is InChI=1S/C10H11N3S2/c1-14-15-8-9-7-13(12-11-9)10-5-3-2-4-6-10/h2-7H,8H2,1H3. The molecule has 0 aliphatic carbocycles. The lowest BCUT2D eigenvalue weighted by Crippen LogP contribution is -1.93. The van der Waals surface area contributed by atoms with Crippen LogP contribution in [0.5, 0.6) is 0 Å². The number of aromatic nitrogens is 3. The van der Waals surface area contributed by atoms with E-state index in [2.05, 4.69) is 16.6 Å². The van der Waals surface area contributed by atoms with Crippen LogP contribution in [-0.4, -0.2) is 21.2 Å². The van der Waals surface area contributed by atoms with Crippen LogP contribution < -0.4 is 0 Å². The summed E-state index contributed by atoms with van der Waals surface area (Å²) in [4.78, 5) is 0. The molecule has 0 atom stereocenters. The minimum Gasteiger partial charge on any atom is -0.220 e. The van der Waals surface area contributed by atoms with E-state index in [0.717, 1.165) is 17.1 Å². The number of hydrogen-bond acceptors (Lipinski definition) is 4. The lowest BCUT2D eigenvalue weighted by atomic mass is 10.3. The molecule has 1 aromatic carbocycles. The van der Waals surface area contributed by atoms with Crippen molar-refractivity contribution < 1.29 is 0 Å². The molecule has 0 radical (unpaired) electrons. The number of benzene rings is 1. The van der Waals surface area contributed by atoms with Gasteiger partial charge in [-0.1, -0.05) is 45.0 Å². The van der Waals surface area contributed by atoms with Gasteiger partial charge in [0.15, 0.2) is 0 Å². The van der Waals surface area contributed by atoms with E-state index in [9.17, 15) is 0 Å². The second kappa shape index (κ2) is 5.23. The van der Waals surface area contributed by atoms with Crippen molar-refractivity contribution in [3.05, 3.63) is 42.2 Å². The first kappa shape index (κ1) is 10.6. The zero-order chi connectivity index (χ0) is 10.5. The summed E-state index contributed by atoms with van der Waals surface area (Å²) in [5.41, 5.74) is 2.06. The third-order valence-corrected chi connectivity index (χ3v) is 3.60. The number of para-hydroxylation sites is 1. The van der Waals surface area contributed by atoms with Crippen LogP contribution in [0.1, 0.15) is 5.69 Å². The molecule has 0 saturated heterocycles. The quantitative estimate of drug-likeness (QED) is 0.765. The first-order valence-electron chi connectivity index (χ1n) is 4.52. The third-order valence-electron chi connectivity index (χ3n) is 1.89. The molecule has 0 bridgehead atoms. The van der Waals surface area contributed by atoms with E-state index in [1.54, 1.807) is 26.3 Å². The van der Waals surface area contributed by atoms with E-state index < -0.39 is 0 Å². The Hall–Kier alpha value is -0.940. The maximum atomic E-state index is 4.11. The van der Waals surface area contributed by atoms with Crippen LogP contribution in [0.4, 0.5) is 0 Å². The van der Waals surface area contributed by atoms with E-state index >= 15 is 0 Å². The maximum Gasteiger partial charge on any atom is 0.0939 e. The van der Waals surface area contributed by atoms with Crippen molar-refractivity contribution in [2.45, 2.75) is 5.75 Å². The number of rotatable bonds is 4. The molecular weight excluding hydrogens is 226 g/mol. The van der Waals surface area contributed by atoms with Gasteiger partial charge in [-0.2, -0.15) is 0 Å². The first-order chi connectivity index (χ1) is 7.40. The van der Waals surface area contributed by atoms with Crippen LogP contribution in [-0.2, 0) is 5.75 Å². The molecule has 0 aliphatic heterocycles. The Balaban J connectivity index is 2.14. The molecule has 2 aromatic rings. The summed E-state index contributed by atoms with van der Waals surface area (Å²) in [7, 11) is 3.51. The zero-order valence-corrected chi connectivity index (χ0v) is 9.96. The van der Waals surface area contributed by atoms with E-state index in [-0.39, 0.29) is 0 Å². The molecule has 3 nitrogen and oxygen atoms in total. The highest BCUT2D eigenvalue weighted by molar-refractivity contribution is 8.76. The summed E-state index contributed by atoms with van der Waals surface area (Å²) in [6.07, 6.45) is 4.03. The summed E-state index contributed by atoms with van der Waals surface area (Å²) < 4.78 is 1.80. The molecule has 0 amide bonds. The van der Waals surface area contributed by atoms with Gasteiger partial charge in [-0.25, -0.2) is 4.68 Å². The minimum atomic E-state index is 0.897. The minimum absolute atomic E-state index is 0.897. The zero-order valence-electron chi connectivity index (χ0n) is 8.33. The predicted octanol–water partition coefficient (Wildman–Crippen LogP) is 2.78. The van der Waals surface area contributed by atoms with Gasteiger partial charge in [-0.05, 0) is 18.4 Å². The highest BCUT2D eigenvalue weighted by atomic mass is 33.1. The molecule has 1 aromatic heterocycles. The molecule has 2 rings (SSSR count). The van der Waals surface area contributed by atoms with Crippen molar-refractivity contribution >= 4 is 21.6 Å². The molecule has 15 heavy (non-hydrogen) atoms. The maximum absolute atomic E-state index is 4.11. The molecule has 0 saturated carbocycles. The van der Waals surface area contributed by atoms with E-state index in [0.29, 0.717) is 0 Å². The van der Waals surface area contributed by atoms with Crippen molar-refractivity contribution in [1.82, 2.24) is 15.0 Å². The summed E-state index contributed by atoms with van der Waals surface area (Å²) in [5, 5.41) is 8.19. The fourth-order valence-electron chi connectivity index (χ4n) is 1.19. The Morgan fingerprint density at radius 2 is 2.07 bits per heavy atom. The normalized spacial score (nSPS) is 10.5. The van der Waals surface area contributed by atoms with Gasteiger partial charge in [0.2, 0.25) is 0 Å². The molecule has 0 unspecified atom stereocenters. The van der Waals surface area contributed by atoms with Gasteiger partial charge in [-0.3, -0.25) is 0 Å². The van der Waals surface area contributed by atoms with Crippen molar-refractivity contribution in [1.29, 1.82) is 0 Å². The molecule has 5 heteroatoms. The summed E-state index contributed by atoms with van der Waals surface area (Å²) in [5.74, 6) is 0.897. The Kier molecular flexibility index (Phi) is 3.69. The number of hydrogen-bond donors (Lipinski definition) is 0. The van der Waals surface area contributed by atoms with Gasteiger partial charge < -0.3 is 0 Å². The van der Waals surface area contributed by atoms with Crippen molar-refractivity contribution in [3.63, 3.8) is 0 Å². The van der Waals surface area contributed by atoms with Crippen LogP contribution >= 0.6 is 21.6 Å². The SMILES string of the molecule is CSSCc1cn(-c2ccccc2)nn1. The fraction of sp³-hybridized carbons (Fsp3) is 0.200. The average molecular weight is 237 g/mol. The highest BCUT2D eigenvalue weighted by Crippen LogP contribution is 2.21. The Bertz CT molecular complexity index is 414. The monoisotopic (exact) mass is 237 g/mol. The van der Waals surface area contributed by atoms with E-state index in [1.807, 2.05) is 36.5 Å². The Labute approximate surface area is 96.7 Å². The van der Waals surface area contributed by atoms with E-state index in [4.69, 9.17) is 0 Å². The second-order valence-electron chi connectivity index (χ2n) is 2.92. The molecule has 0 spiro atoms. The highest BCUT2D eigenvalue weighted by Gasteiger charge is 2.01. The molecule has 78 valence electrons. The Morgan fingerprint density at radius 3 is 2.80 bits per heavy atom.